The standard InChI is InChI=1S/C21H26N4/c1-16-5-8-18(9-6-16)24-11-13-25(14-12-24)20-17(15-22)7-10-19(23-20)21(2,3)4/h5-10H,11-14H2,1-4H3. The highest BCUT2D eigenvalue weighted by Crippen LogP contribution is 2.27. The molecule has 0 atom stereocenters. The Morgan fingerprint density at radius 2 is 1.52 bits per heavy atom. The number of aryl methyl sites for hydroxylation is 1. The van der Waals surface area contributed by atoms with Crippen LogP contribution in [0.5, 0.6) is 0 Å². The monoisotopic (exact) mass is 334 g/mol. The van der Waals surface area contributed by atoms with Crippen molar-refractivity contribution in [2.75, 3.05) is 36.0 Å². The molecule has 1 fully saturated rings. The number of anilines is 2. The van der Waals surface area contributed by atoms with Gasteiger partial charge in [-0.1, -0.05) is 38.5 Å². The topological polar surface area (TPSA) is 43.2 Å². The van der Waals surface area contributed by atoms with E-state index in [9.17, 15) is 5.26 Å². The van der Waals surface area contributed by atoms with Gasteiger partial charge in [0.25, 0.3) is 0 Å². The highest BCUT2D eigenvalue weighted by atomic mass is 15.3. The number of pyridine rings is 1. The molecule has 1 aromatic carbocycles. The van der Waals surface area contributed by atoms with E-state index in [0.717, 1.165) is 37.7 Å². The molecule has 2 heterocycles. The molecule has 4 heteroatoms. The summed E-state index contributed by atoms with van der Waals surface area (Å²) in [6.07, 6.45) is 0. The van der Waals surface area contributed by atoms with E-state index in [0.29, 0.717) is 5.56 Å². The Labute approximate surface area is 150 Å². The first-order chi connectivity index (χ1) is 11.9. The molecule has 1 saturated heterocycles. The predicted molar refractivity (Wildman–Crippen MR) is 103 cm³/mol. The Morgan fingerprint density at radius 1 is 0.920 bits per heavy atom. The lowest BCUT2D eigenvalue weighted by Gasteiger charge is -2.37. The van der Waals surface area contributed by atoms with E-state index in [1.807, 2.05) is 12.1 Å². The van der Waals surface area contributed by atoms with Crippen LogP contribution in [-0.2, 0) is 5.41 Å². The summed E-state index contributed by atoms with van der Waals surface area (Å²) in [7, 11) is 0. The molecule has 130 valence electrons. The third-order valence-corrected chi connectivity index (χ3v) is 4.74. The second-order valence-corrected chi connectivity index (χ2v) is 7.74. The molecule has 0 bridgehead atoms. The number of hydrogen-bond acceptors (Lipinski definition) is 4. The van der Waals surface area contributed by atoms with Crippen molar-refractivity contribution in [3.05, 3.63) is 53.2 Å². The van der Waals surface area contributed by atoms with Crippen LogP contribution in [0.3, 0.4) is 0 Å². The second-order valence-electron chi connectivity index (χ2n) is 7.74. The molecule has 1 aliphatic heterocycles. The summed E-state index contributed by atoms with van der Waals surface area (Å²) < 4.78 is 0. The van der Waals surface area contributed by atoms with Crippen LogP contribution in [-0.4, -0.2) is 31.2 Å². The number of aromatic nitrogens is 1. The average Bonchev–Trinajstić information content (AvgIpc) is 2.61. The molecule has 3 rings (SSSR count). The SMILES string of the molecule is Cc1ccc(N2CCN(c3nc(C(C)(C)C)ccc3C#N)CC2)cc1. The van der Waals surface area contributed by atoms with E-state index >= 15 is 0 Å². The van der Waals surface area contributed by atoms with Crippen LogP contribution >= 0.6 is 0 Å². The van der Waals surface area contributed by atoms with Crippen LogP contribution < -0.4 is 9.80 Å². The predicted octanol–water partition coefficient (Wildman–Crippen LogP) is 3.89. The Kier molecular flexibility index (Phi) is 4.67. The molecule has 2 aromatic rings. The molecule has 0 radical (unpaired) electrons. The summed E-state index contributed by atoms with van der Waals surface area (Å²) in [5, 5.41) is 9.47. The van der Waals surface area contributed by atoms with Gasteiger partial charge in [0.05, 0.1) is 5.56 Å². The number of nitriles is 1. The molecule has 0 unspecified atom stereocenters. The van der Waals surface area contributed by atoms with Gasteiger partial charge in [-0.25, -0.2) is 4.98 Å². The van der Waals surface area contributed by atoms with Crippen molar-refractivity contribution in [1.29, 1.82) is 5.26 Å². The summed E-state index contributed by atoms with van der Waals surface area (Å²) >= 11 is 0. The Morgan fingerprint density at radius 3 is 2.08 bits per heavy atom. The van der Waals surface area contributed by atoms with Crippen molar-refractivity contribution in [3.8, 4) is 6.07 Å². The van der Waals surface area contributed by atoms with Gasteiger partial charge in [0, 0.05) is 43.0 Å². The van der Waals surface area contributed by atoms with E-state index in [4.69, 9.17) is 4.98 Å². The maximum atomic E-state index is 9.47. The number of hydrogen-bond donors (Lipinski definition) is 0. The van der Waals surface area contributed by atoms with Gasteiger partial charge in [0.2, 0.25) is 0 Å². The number of rotatable bonds is 2. The van der Waals surface area contributed by atoms with Gasteiger partial charge in [-0.05, 0) is 31.2 Å². The smallest absolute Gasteiger partial charge is 0.146 e. The first-order valence-electron chi connectivity index (χ1n) is 8.86. The maximum absolute atomic E-state index is 9.47. The lowest BCUT2D eigenvalue weighted by Crippen LogP contribution is -2.47. The van der Waals surface area contributed by atoms with Gasteiger partial charge in [-0.15, -0.1) is 0 Å². The molecule has 1 aromatic heterocycles. The molecule has 1 aliphatic rings. The third kappa shape index (κ3) is 3.76. The molecule has 0 saturated carbocycles. The Balaban J connectivity index is 1.78. The Hall–Kier alpha value is -2.54. The van der Waals surface area contributed by atoms with E-state index in [1.165, 1.54) is 11.3 Å². The van der Waals surface area contributed by atoms with Crippen molar-refractivity contribution < 1.29 is 0 Å². The van der Waals surface area contributed by atoms with Crippen molar-refractivity contribution in [3.63, 3.8) is 0 Å². The van der Waals surface area contributed by atoms with Crippen LogP contribution in [0.2, 0.25) is 0 Å². The normalized spacial score (nSPS) is 15.2. The van der Waals surface area contributed by atoms with Crippen LogP contribution in [0.1, 0.15) is 37.6 Å². The van der Waals surface area contributed by atoms with Gasteiger partial charge in [0.15, 0.2) is 0 Å². The molecule has 25 heavy (non-hydrogen) atoms. The van der Waals surface area contributed by atoms with E-state index in [2.05, 4.69) is 67.8 Å². The maximum Gasteiger partial charge on any atom is 0.146 e. The van der Waals surface area contributed by atoms with E-state index in [-0.39, 0.29) is 5.41 Å². The zero-order valence-electron chi connectivity index (χ0n) is 15.6. The first-order valence-corrected chi connectivity index (χ1v) is 8.86. The van der Waals surface area contributed by atoms with Crippen molar-refractivity contribution in [1.82, 2.24) is 4.98 Å². The fraction of sp³-hybridized carbons (Fsp3) is 0.429. The fourth-order valence-electron chi connectivity index (χ4n) is 3.13. The van der Waals surface area contributed by atoms with Gasteiger partial charge >= 0.3 is 0 Å². The highest BCUT2D eigenvalue weighted by molar-refractivity contribution is 5.57. The summed E-state index contributed by atoms with van der Waals surface area (Å²) in [4.78, 5) is 9.48. The summed E-state index contributed by atoms with van der Waals surface area (Å²) in [6, 6.07) is 14.9. The zero-order valence-corrected chi connectivity index (χ0v) is 15.6. The van der Waals surface area contributed by atoms with Gasteiger partial charge in [0.1, 0.15) is 11.9 Å². The minimum atomic E-state index is -0.0214. The van der Waals surface area contributed by atoms with Crippen LogP contribution in [0.25, 0.3) is 0 Å². The van der Waals surface area contributed by atoms with E-state index in [1.54, 1.807) is 0 Å². The molecule has 0 amide bonds. The number of benzene rings is 1. The van der Waals surface area contributed by atoms with Gasteiger partial charge < -0.3 is 9.80 Å². The second kappa shape index (κ2) is 6.76. The quantitative estimate of drug-likeness (QED) is 0.836. The minimum Gasteiger partial charge on any atom is -0.368 e. The van der Waals surface area contributed by atoms with Gasteiger partial charge in [-0.2, -0.15) is 5.26 Å². The average molecular weight is 334 g/mol. The lowest BCUT2D eigenvalue weighted by molar-refractivity contribution is 0.565. The van der Waals surface area contributed by atoms with Crippen LogP contribution in [0, 0.1) is 18.3 Å². The van der Waals surface area contributed by atoms with Crippen molar-refractivity contribution >= 4 is 11.5 Å². The molecule has 0 N–H and O–H groups in total. The molecule has 0 spiro atoms. The summed E-state index contributed by atoms with van der Waals surface area (Å²) in [5.41, 5.74) is 4.22. The highest BCUT2D eigenvalue weighted by Gasteiger charge is 2.23. The molecular formula is C21H26N4. The number of piperazine rings is 1. The number of nitrogens with zero attached hydrogens (tertiary/aromatic N) is 4. The summed E-state index contributed by atoms with van der Waals surface area (Å²) in [6.45, 7) is 12.2. The van der Waals surface area contributed by atoms with Crippen molar-refractivity contribution in [2.45, 2.75) is 33.1 Å². The largest absolute Gasteiger partial charge is 0.368 e. The fourth-order valence-corrected chi connectivity index (χ4v) is 3.13. The van der Waals surface area contributed by atoms with Gasteiger partial charge in [-0.3, -0.25) is 0 Å². The lowest BCUT2D eigenvalue weighted by atomic mass is 9.91. The van der Waals surface area contributed by atoms with Crippen molar-refractivity contribution in [2.24, 2.45) is 0 Å². The summed E-state index contributed by atoms with van der Waals surface area (Å²) in [5.74, 6) is 0.832. The van der Waals surface area contributed by atoms with Crippen LogP contribution in [0.15, 0.2) is 36.4 Å². The van der Waals surface area contributed by atoms with E-state index < -0.39 is 0 Å². The van der Waals surface area contributed by atoms with Crippen LogP contribution in [0.4, 0.5) is 11.5 Å². The molecule has 4 nitrogen and oxygen atoms in total. The zero-order chi connectivity index (χ0) is 18.0. The molecule has 0 aliphatic carbocycles. The Bertz CT molecular complexity index is 773. The third-order valence-electron chi connectivity index (χ3n) is 4.74. The molecular weight excluding hydrogens is 308 g/mol. The minimum absolute atomic E-state index is 0.0214. The first kappa shape index (κ1) is 17.3.